The van der Waals surface area contributed by atoms with Crippen LogP contribution in [0.3, 0.4) is 0 Å². The van der Waals surface area contributed by atoms with Crippen LogP contribution in [0.2, 0.25) is 0 Å². The third kappa shape index (κ3) is 2.61. The fourth-order valence-electron chi connectivity index (χ4n) is 2.50. The van der Waals surface area contributed by atoms with Crippen molar-refractivity contribution in [2.75, 3.05) is 26.3 Å². The molecule has 2 heterocycles. The number of nitrogens with two attached hydrogens (primary N) is 1. The van der Waals surface area contributed by atoms with Crippen LogP contribution >= 0.6 is 0 Å². The van der Waals surface area contributed by atoms with Crippen LogP contribution in [0.5, 0.6) is 0 Å². The number of aliphatic hydroxyl groups is 1. The summed E-state index contributed by atoms with van der Waals surface area (Å²) in [4.78, 5) is 14.1. The SMILES string of the molecule is CC1CCN(C(=O)C2(N)CCOCC2)CC1O. The van der Waals surface area contributed by atoms with Crippen LogP contribution in [0, 0.1) is 5.92 Å². The fraction of sp³-hybridized carbons (Fsp3) is 0.917. The van der Waals surface area contributed by atoms with Crippen molar-refractivity contribution in [3.63, 3.8) is 0 Å². The predicted octanol–water partition coefficient (Wildman–Crippen LogP) is -0.276. The number of rotatable bonds is 1. The van der Waals surface area contributed by atoms with Gasteiger partial charge in [0.2, 0.25) is 5.91 Å². The summed E-state index contributed by atoms with van der Waals surface area (Å²) in [7, 11) is 0. The molecule has 2 fully saturated rings. The molecule has 3 N–H and O–H groups in total. The number of amides is 1. The summed E-state index contributed by atoms with van der Waals surface area (Å²) >= 11 is 0. The van der Waals surface area contributed by atoms with Crippen molar-refractivity contribution in [2.45, 2.75) is 37.8 Å². The van der Waals surface area contributed by atoms with E-state index in [2.05, 4.69) is 0 Å². The first-order valence-electron chi connectivity index (χ1n) is 6.37. The number of carbonyl (C=O) groups is 1. The van der Waals surface area contributed by atoms with Gasteiger partial charge < -0.3 is 20.5 Å². The van der Waals surface area contributed by atoms with E-state index in [1.165, 1.54) is 0 Å². The highest BCUT2D eigenvalue weighted by Gasteiger charge is 2.40. The molecule has 0 spiro atoms. The Morgan fingerprint density at radius 2 is 2.12 bits per heavy atom. The molecule has 0 aromatic rings. The molecule has 5 nitrogen and oxygen atoms in total. The number of nitrogens with zero attached hydrogens (tertiary/aromatic N) is 1. The summed E-state index contributed by atoms with van der Waals surface area (Å²) in [6, 6.07) is 0. The minimum absolute atomic E-state index is 0.0215. The summed E-state index contributed by atoms with van der Waals surface area (Å²) < 4.78 is 5.24. The van der Waals surface area contributed by atoms with Crippen LogP contribution in [0.1, 0.15) is 26.2 Å². The third-order valence-electron chi connectivity index (χ3n) is 4.02. The summed E-state index contributed by atoms with van der Waals surface area (Å²) in [5.74, 6) is 0.245. The van der Waals surface area contributed by atoms with Gasteiger partial charge in [-0.15, -0.1) is 0 Å². The van der Waals surface area contributed by atoms with Gasteiger partial charge in [0.1, 0.15) is 0 Å². The lowest BCUT2D eigenvalue weighted by Gasteiger charge is -2.41. The molecule has 1 amide bonds. The number of carbonyl (C=O) groups excluding carboxylic acids is 1. The minimum Gasteiger partial charge on any atom is -0.391 e. The van der Waals surface area contributed by atoms with E-state index >= 15 is 0 Å². The maximum atomic E-state index is 12.4. The Morgan fingerprint density at radius 3 is 2.71 bits per heavy atom. The molecular weight excluding hydrogens is 220 g/mol. The highest BCUT2D eigenvalue weighted by atomic mass is 16.5. The second kappa shape index (κ2) is 4.92. The van der Waals surface area contributed by atoms with Gasteiger partial charge in [0, 0.05) is 26.3 Å². The molecule has 0 aromatic heterocycles. The van der Waals surface area contributed by atoms with Gasteiger partial charge >= 0.3 is 0 Å². The van der Waals surface area contributed by atoms with Gasteiger partial charge in [-0.2, -0.15) is 0 Å². The van der Waals surface area contributed by atoms with Crippen molar-refractivity contribution in [3.05, 3.63) is 0 Å². The number of aliphatic hydroxyl groups excluding tert-OH is 1. The molecule has 0 bridgehead atoms. The zero-order valence-corrected chi connectivity index (χ0v) is 10.4. The zero-order chi connectivity index (χ0) is 12.5. The number of likely N-dealkylation sites (tertiary alicyclic amines) is 1. The molecule has 2 saturated heterocycles. The first-order valence-corrected chi connectivity index (χ1v) is 6.37. The smallest absolute Gasteiger partial charge is 0.242 e. The van der Waals surface area contributed by atoms with Crippen LogP contribution in [-0.4, -0.2) is 53.9 Å². The molecule has 0 radical (unpaired) electrons. The molecule has 0 saturated carbocycles. The average Bonchev–Trinajstić information content (AvgIpc) is 2.33. The first-order chi connectivity index (χ1) is 8.03. The topological polar surface area (TPSA) is 75.8 Å². The van der Waals surface area contributed by atoms with E-state index in [9.17, 15) is 9.90 Å². The Labute approximate surface area is 102 Å². The summed E-state index contributed by atoms with van der Waals surface area (Å²) in [5.41, 5.74) is 5.38. The summed E-state index contributed by atoms with van der Waals surface area (Å²) in [5, 5.41) is 9.82. The second-order valence-corrected chi connectivity index (χ2v) is 5.35. The van der Waals surface area contributed by atoms with Gasteiger partial charge in [-0.1, -0.05) is 6.92 Å². The number of ether oxygens (including phenoxy) is 1. The van der Waals surface area contributed by atoms with Crippen LogP contribution < -0.4 is 5.73 Å². The monoisotopic (exact) mass is 242 g/mol. The Balaban J connectivity index is 1.99. The number of hydrogen-bond donors (Lipinski definition) is 2. The van der Waals surface area contributed by atoms with Gasteiger partial charge in [0.25, 0.3) is 0 Å². The van der Waals surface area contributed by atoms with E-state index in [-0.39, 0.29) is 11.8 Å². The molecule has 98 valence electrons. The molecule has 2 aliphatic rings. The Kier molecular flexibility index (Phi) is 3.70. The van der Waals surface area contributed by atoms with Gasteiger partial charge in [-0.05, 0) is 25.2 Å². The number of hydrogen-bond acceptors (Lipinski definition) is 4. The summed E-state index contributed by atoms with van der Waals surface area (Å²) in [6.07, 6.45) is 1.58. The molecule has 0 aliphatic carbocycles. The van der Waals surface area contributed by atoms with Crippen molar-refractivity contribution < 1.29 is 14.6 Å². The van der Waals surface area contributed by atoms with Gasteiger partial charge in [-0.25, -0.2) is 0 Å². The van der Waals surface area contributed by atoms with Crippen molar-refractivity contribution in [1.29, 1.82) is 0 Å². The van der Waals surface area contributed by atoms with Gasteiger partial charge in [-0.3, -0.25) is 4.79 Å². The van der Waals surface area contributed by atoms with E-state index in [4.69, 9.17) is 10.5 Å². The molecule has 2 aliphatic heterocycles. The van der Waals surface area contributed by atoms with Crippen LogP contribution in [-0.2, 0) is 9.53 Å². The van der Waals surface area contributed by atoms with E-state index in [0.717, 1.165) is 6.42 Å². The van der Waals surface area contributed by atoms with E-state index < -0.39 is 11.6 Å². The van der Waals surface area contributed by atoms with Crippen LogP contribution in [0.15, 0.2) is 0 Å². The third-order valence-corrected chi connectivity index (χ3v) is 4.02. The minimum atomic E-state index is -0.779. The highest BCUT2D eigenvalue weighted by molar-refractivity contribution is 5.86. The zero-order valence-electron chi connectivity index (χ0n) is 10.4. The lowest BCUT2D eigenvalue weighted by molar-refractivity contribution is -0.144. The fourth-order valence-corrected chi connectivity index (χ4v) is 2.50. The Bertz CT molecular complexity index is 289. The van der Waals surface area contributed by atoms with E-state index in [1.54, 1.807) is 4.90 Å². The highest BCUT2D eigenvalue weighted by Crippen LogP contribution is 2.24. The van der Waals surface area contributed by atoms with Crippen LogP contribution in [0.4, 0.5) is 0 Å². The quantitative estimate of drug-likeness (QED) is 0.663. The van der Waals surface area contributed by atoms with E-state index in [1.807, 2.05) is 6.92 Å². The van der Waals surface area contributed by atoms with Crippen LogP contribution in [0.25, 0.3) is 0 Å². The maximum absolute atomic E-state index is 12.4. The molecule has 2 unspecified atom stereocenters. The number of piperidine rings is 1. The van der Waals surface area contributed by atoms with Crippen molar-refractivity contribution in [3.8, 4) is 0 Å². The predicted molar refractivity (Wildman–Crippen MR) is 63.3 cm³/mol. The second-order valence-electron chi connectivity index (χ2n) is 5.35. The molecule has 0 aromatic carbocycles. The standard InChI is InChI=1S/C12H22N2O3/c1-9-2-5-14(8-10(9)15)11(16)12(13)3-6-17-7-4-12/h9-10,15H,2-8,13H2,1H3. The normalized spacial score (nSPS) is 33.5. The molecule has 5 heteroatoms. The molecule has 17 heavy (non-hydrogen) atoms. The summed E-state index contributed by atoms with van der Waals surface area (Å²) in [6.45, 7) is 4.24. The van der Waals surface area contributed by atoms with Gasteiger partial charge in [0.05, 0.1) is 11.6 Å². The van der Waals surface area contributed by atoms with Crippen molar-refractivity contribution in [2.24, 2.45) is 11.7 Å². The average molecular weight is 242 g/mol. The number of β-amino-alcohol motifs (C(OH)–C–C–N with tert-alkyl or cyclic N) is 1. The van der Waals surface area contributed by atoms with Crippen molar-refractivity contribution >= 4 is 5.91 Å². The Morgan fingerprint density at radius 1 is 1.47 bits per heavy atom. The first kappa shape index (κ1) is 12.8. The molecule has 2 atom stereocenters. The van der Waals surface area contributed by atoms with Gasteiger partial charge in [0.15, 0.2) is 0 Å². The lowest BCUT2D eigenvalue weighted by atomic mass is 9.87. The van der Waals surface area contributed by atoms with Crippen molar-refractivity contribution in [1.82, 2.24) is 4.90 Å². The van der Waals surface area contributed by atoms with E-state index in [0.29, 0.717) is 39.1 Å². The molecule has 2 rings (SSSR count). The largest absolute Gasteiger partial charge is 0.391 e. The Hall–Kier alpha value is -0.650. The lowest BCUT2D eigenvalue weighted by Crippen LogP contribution is -2.60. The molecular formula is C12H22N2O3. The maximum Gasteiger partial charge on any atom is 0.242 e.